The molecule has 0 aromatic heterocycles. The van der Waals surface area contributed by atoms with Gasteiger partial charge in [-0.15, -0.1) is 0 Å². The Balaban J connectivity index is 3.56. The molecule has 4 heteroatoms. The predicted octanol–water partition coefficient (Wildman–Crippen LogP) is 1.01. The van der Waals surface area contributed by atoms with E-state index < -0.39 is 11.8 Å². The lowest BCUT2D eigenvalue weighted by molar-refractivity contribution is 0.0966. The number of nitrogens with two attached hydrogens (primary N) is 2. The van der Waals surface area contributed by atoms with E-state index in [0.717, 1.165) is 17.5 Å². The van der Waals surface area contributed by atoms with Crippen LogP contribution in [0.5, 0.6) is 0 Å². The summed E-state index contributed by atoms with van der Waals surface area (Å²) >= 11 is 0. The van der Waals surface area contributed by atoms with Crippen molar-refractivity contribution in [3.8, 4) is 0 Å². The Bertz CT molecular complexity index is 439. The van der Waals surface area contributed by atoms with E-state index in [2.05, 4.69) is 0 Å². The van der Waals surface area contributed by atoms with Crippen molar-refractivity contribution in [2.45, 2.75) is 26.7 Å². The second-order valence-corrected chi connectivity index (χ2v) is 3.56. The number of benzene rings is 1. The highest BCUT2D eigenvalue weighted by molar-refractivity contribution is 6.07. The summed E-state index contributed by atoms with van der Waals surface area (Å²) in [4.78, 5) is 22.6. The summed E-state index contributed by atoms with van der Waals surface area (Å²) in [6.07, 6.45) is 1.45. The molecule has 4 N–H and O–H groups in total. The Morgan fingerprint density at radius 3 is 2.06 bits per heavy atom. The minimum absolute atomic E-state index is 0.210. The molecule has 0 aliphatic rings. The summed E-state index contributed by atoms with van der Waals surface area (Å²) < 4.78 is 0. The third kappa shape index (κ3) is 2.05. The second-order valence-electron chi connectivity index (χ2n) is 3.56. The molecule has 0 unspecified atom stereocenters. The first kappa shape index (κ1) is 12.2. The van der Waals surface area contributed by atoms with Gasteiger partial charge in [0.2, 0.25) is 11.8 Å². The van der Waals surface area contributed by atoms with Crippen molar-refractivity contribution in [2.75, 3.05) is 0 Å². The molecular weight excluding hydrogens is 204 g/mol. The monoisotopic (exact) mass is 220 g/mol. The van der Waals surface area contributed by atoms with Crippen molar-refractivity contribution in [1.29, 1.82) is 0 Å². The van der Waals surface area contributed by atoms with Crippen molar-refractivity contribution >= 4 is 11.8 Å². The molecule has 0 aliphatic heterocycles. The van der Waals surface area contributed by atoms with Gasteiger partial charge in [0.1, 0.15) is 0 Å². The number of aryl methyl sites for hydroxylation is 1. The molecule has 0 aliphatic carbocycles. The zero-order valence-corrected chi connectivity index (χ0v) is 9.54. The van der Waals surface area contributed by atoms with E-state index in [1.54, 1.807) is 6.07 Å². The maximum atomic E-state index is 11.4. The summed E-state index contributed by atoms with van der Waals surface area (Å²) in [6.45, 7) is 3.91. The zero-order chi connectivity index (χ0) is 12.3. The first-order valence-corrected chi connectivity index (χ1v) is 5.27. The number of amides is 2. The molecule has 0 fully saturated rings. The van der Waals surface area contributed by atoms with Gasteiger partial charge in [-0.1, -0.05) is 19.9 Å². The summed E-state index contributed by atoms with van der Waals surface area (Å²) in [7, 11) is 0. The zero-order valence-electron chi connectivity index (χ0n) is 9.54. The van der Waals surface area contributed by atoms with E-state index in [9.17, 15) is 9.59 Å². The fraction of sp³-hybridized carbons (Fsp3) is 0.333. The molecule has 86 valence electrons. The van der Waals surface area contributed by atoms with Crippen molar-refractivity contribution in [3.63, 3.8) is 0 Å². The normalized spacial score (nSPS) is 10.1. The average molecular weight is 220 g/mol. The van der Waals surface area contributed by atoms with Crippen LogP contribution in [0.25, 0.3) is 0 Å². The van der Waals surface area contributed by atoms with Crippen LogP contribution in [0.15, 0.2) is 12.1 Å². The van der Waals surface area contributed by atoms with E-state index in [4.69, 9.17) is 11.5 Å². The minimum Gasteiger partial charge on any atom is -0.366 e. The molecule has 0 heterocycles. The van der Waals surface area contributed by atoms with Crippen molar-refractivity contribution < 1.29 is 9.59 Å². The third-order valence-corrected chi connectivity index (χ3v) is 2.66. The molecule has 0 saturated carbocycles. The fourth-order valence-electron chi connectivity index (χ4n) is 1.91. The molecule has 4 nitrogen and oxygen atoms in total. The van der Waals surface area contributed by atoms with Gasteiger partial charge in [-0.25, -0.2) is 0 Å². The maximum absolute atomic E-state index is 11.4. The number of carbonyl (C=O) groups excluding carboxylic acids is 2. The van der Waals surface area contributed by atoms with Gasteiger partial charge in [0, 0.05) is 0 Å². The van der Waals surface area contributed by atoms with Gasteiger partial charge >= 0.3 is 0 Å². The highest BCUT2D eigenvalue weighted by atomic mass is 16.2. The van der Waals surface area contributed by atoms with E-state index in [0.29, 0.717) is 6.42 Å². The average Bonchev–Trinajstić information content (AvgIpc) is 2.26. The van der Waals surface area contributed by atoms with Crippen LogP contribution in [0, 0.1) is 0 Å². The van der Waals surface area contributed by atoms with Crippen molar-refractivity contribution in [1.82, 2.24) is 0 Å². The predicted molar refractivity (Wildman–Crippen MR) is 62.2 cm³/mol. The van der Waals surface area contributed by atoms with Crippen LogP contribution >= 0.6 is 0 Å². The van der Waals surface area contributed by atoms with Crippen molar-refractivity contribution in [3.05, 3.63) is 34.4 Å². The van der Waals surface area contributed by atoms with Crippen LogP contribution in [0.1, 0.15) is 45.7 Å². The third-order valence-electron chi connectivity index (χ3n) is 2.66. The quantitative estimate of drug-likeness (QED) is 0.793. The SMILES string of the molecule is CCc1ccc(C(N)=O)c(C(N)=O)c1CC. The number of rotatable bonds is 4. The Morgan fingerprint density at radius 1 is 1.06 bits per heavy atom. The van der Waals surface area contributed by atoms with Crippen LogP contribution in [0.4, 0.5) is 0 Å². The Morgan fingerprint density at radius 2 is 1.69 bits per heavy atom. The van der Waals surface area contributed by atoms with Crippen LogP contribution in [0.3, 0.4) is 0 Å². The van der Waals surface area contributed by atoms with E-state index >= 15 is 0 Å². The summed E-state index contributed by atoms with van der Waals surface area (Å²) in [5.41, 5.74) is 12.9. The molecule has 2 amide bonds. The number of carbonyl (C=O) groups is 2. The molecule has 0 radical (unpaired) electrons. The Hall–Kier alpha value is -1.84. The van der Waals surface area contributed by atoms with Gasteiger partial charge in [-0.3, -0.25) is 9.59 Å². The lowest BCUT2D eigenvalue weighted by Gasteiger charge is -2.13. The maximum Gasteiger partial charge on any atom is 0.249 e. The van der Waals surface area contributed by atoms with E-state index in [-0.39, 0.29) is 11.1 Å². The number of primary amides is 2. The minimum atomic E-state index is -0.619. The second kappa shape index (κ2) is 4.79. The first-order chi connectivity index (χ1) is 7.52. The highest BCUT2D eigenvalue weighted by Crippen LogP contribution is 2.20. The topological polar surface area (TPSA) is 86.2 Å². The van der Waals surface area contributed by atoms with Gasteiger partial charge < -0.3 is 11.5 Å². The van der Waals surface area contributed by atoms with Gasteiger partial charge in [0.25, 0.3) is 0 Å². The Labute approximate surface area is 94.6 Å². The van der Waals surface area contributed by atoms with Crippen LogP contribution < -0.4 is 11.5 Å². The smallest absolute Gasteiger partial charge is 0.249 e. The molecule has 0 bridgehead atoms. The molecule has 0 spiro atoms. The fourth-order valence-corrected chi connectivity index (χ4v) is 1.91. The van der Waals surface area contributed by atoms with Gasteiger partial charge in [0.15, 0.2) is 0 Å². The molecule has 0 saturated heterocycles. The van der Waals surface area contributed by atoms with Crippen LogP contribution in [0.2, 0.25) is 0 Å². The number of hydrogen-bond acceptors (Lipinski definition) is 2. The van der Waals surface area contributed by atoms with Crippen LogP contribution in [-0.2, 0) is 12.8 Å². The molecule has 16 heavy (non-hydrogen) atoms. The largest absolute Gasteiger partial charge is 0.366 e. The first-order valence-electron chi connectivity index (χ1n) is 5.27. The van der Waals surface area contributed by atoms with Gasteiger partial charge in [-0.05, 0) is 30.0 Å². The Kier molecular flexibility index (Phi) is 3.66. The van der Waals surface area contributed by atoms with E-state index in [1.165, 1.54) is 0 Å². The molecular formula is C12H16N2O2. The van der Waals surface area contributed by atoms with Gasteiger partial charge in [-0.2, -0.15) is 0 Å². The summed E-state index contributed by atoms with van der Waals surface area (Å²) in [5.74, 6) is -1.22. The van der Waals surface area contributed by atoms with Gasteiger partial charge in [0.05, 0.1) is 11.1 Å². The number of hydrogen-bond donors (Lipinski definition) is 2. The standard InChI is InChI=1S/C12H16N2O2/c1-3-7-5-6-9(11(13)15)10(12(14)16)8(7)4-2/h5-6H,3-4H2,1-2H3,(H2,13,15)(H2,14,16). The molecule has 1 rings (SSSR count). The summed E-state index contributed by atoms with van der Waals surface area (Å²) in [5, 5.41) is 0. The lowest BCUT2D eigenvalue weighted by Crippen LogP contribution is -2.23. The van der Waals surface area contributed by atoms with Crippen molar-refractivity contribution in [2.24, 2.45) is 11.5 Å². The molecule has 1 aromatic carbocycles. The van der Waals surface area contributed by atoms with E-state index in [1.807, 2.05) is 19.9 Å². The summed E-state index contributed by atoms with van der Waals surface area (Å²) in [6, 6.07) is 3.39. The molecule has 0 atom stereocenters. The highest BCUT2D eigenvalue weighted by Gasteiger charge is 2.18. The molecule has 1 aromatic rings. The van der Waals surface area contributed by atoms with Crippen LogP contribution in [-0.4, -0.2) is 11.8 Å². The lowest BCUT2D eigenvalue weighted by atomic mass is 9.92.